The first kappa shape index (κ1) is 11.2. The first-order chi connectivity index (χ1) is 8.33. The van der Waals surface area contributed by atoms with Gasteiger partial charge in [-0.05, 0) is 36.8 Å². The summed E-state index contributed by atoms with van der Waals surface area (Å²) < 4.78 is 0. The van der Waals surface area contributed by atoms with Crippen LogP contribution in [0.5, 0.6) is 0 Å². The van der Waals surface area contributed by atoms with Gasteiger partial charge in [0.1, 0.15) is 0 Å². The maximum atomic E-state index is 12.2. The fourth-order valence-electron chi connectivity index (χ4n) is 2.92. The minimum Gasteiger partial charge on any atom is -0.340 e. The summed E-state index contributed by atoms with van der Waals surface area (Å²) in [5.41, 5.74) is 0. The molecule has 92 valence electrons. The van der Waals surface area contributed by atoms with Gasteiger partial charge in [-0.2, -0.15) is 0 Å². The van der Waals surface area contributed by atoms with E-state index in [9.17, 15) is 4.79 Å². The van der Waals surface area contributed by atoms with E-state index in [2.05, 4.69) is 5.32 Å². The third-order valence-corrected chi connectivity index (χ3v) is 4.73. The number of hydrogen-bond acceptors (Lipinski definition) is 3. The molecule has 0 spiro atoms. The van der Waals surface area contributed by atoms with Crippen LogP contribution in [0.2, 0.25) is 0 Å². The molecule has 2 atom stereocenters. The van der Waals surface area contributed by atoms with Gasteiger partial charge in [-0.1, -0.05) is 6.07 Å². The topological polar surface area (TPSA) is 32.3 Å². The zero-order chi connectivity index (χ0) is 11.7. The quantitative estimate of drug-likeness (QED) is 0.863. The maximum Gasteiger partial charge on any atom is 0.227 e. The number of rotatable bonds is 2. The highest BCUT2D eigenvalue weighted by Crippen LogP contribution is 2.25. The van der Waals surface area contributed by atoms with Gasteiger partial charge in [-0.15, -0.1) is 11.3 Å². The van der Waals surface area contributed by atoms with E-state index in [1.165, 1.54) is 17.7 Å². The Bertz CT molecular complexity index is 376. The van der Waals surface area contributed by atoms with E-state index in [0.29, 0.717) is 24.3 Å². The van der Waals surface area contributed by atoms with E-state index in [1.807, 2.05) is 22.4 Å². The molecule has 0 saturated carbocycles. The van der Waals surface area contributed by atoms with E-state index in [0.717, 1.165) is 19.6 Å². The first-order valence-corrected chi connectivity index (χ1v) is 7.24. The normalized spacial score (nSPS) is 28.1. The van der Waals surface area contributed by atoms with Crippen molar-refractivity contribution < 1.29 is 4.79 Å². The van der Waals surface area contributed by atoms with Crippen molar-refractivity contribution in [2.45, 2.75) is 25.3 Å². The predicted octanol–water partition coefficient (Wildman–Crippen LogP) is 1.50. The third kappa shape index (κ3) is 2.38. The molecule has 2 aliphatic rings. The second kappa shape index (κ2) is 4.78. The molecule has 3 rings (SSSR count). The Labute approximate surface area is 106 Å². The molecule has 2 fully saturated rings. The summed E-state index contributed by atoms with van der Waals surface area (Å²) in [4.78, 5) is 15.4. The number of likely N-dealkylation sites (tertiary alicyclic amines) is 1. The summed E-state index contributed by atoms with van der Waals surface area (Å²) in [5, 5.41) is 5.57. The zero-order valence-electron chi connectivity index (χ0n) is 9.89. The Morgan fingerprint density at radius 1 is 1.53 bits per heavy atom. The second-order valence-corrected chi connectivity index (χ2v) is 6.05. The van der Waals surface area contributed by atoms with Crippen molar-refractivity contribution in [3.05, 3.63) is 22.4 Å². The molecule has 0 radical (unpaired) electrons. The average molecular weight is 250 g/mol. The van der Waals surface area contributed by atoms with Crippen molar-refractivity contribution in [1.29, 1.82) is 0 Å². The van der Waals surface area contributed by atoms with Crippen molar-refractivity contribution >= 4 is 17.2 Å². The highest BCUT2D eigenvalue weighted by atomic mass is 32.1. The zero-order valence-corrected chi connectivity index (χ0v) is 10.7. The number of hydrogen-bond donors (Lipinski definition) is 1. The Morgan fingerprint density at radius 2 is 2.47 bits per heavy atom. The van der Waals surface area contributed by atoms with E-state index < -0.39 is 0 Å². The van der Waals surface area contributed by atoms with Gasteiger partial charge in [-0.25, -0.2) is 0 Å². The summed E-state index contributed by atoms with van der Waals surface area (Å²) >= 11 is 1.67. The Balaban J connectivity index is 1.60. The molecule has 4 heteroatoms. The molecule has 1 amide bonds. The number of nitrogens with one attached hydrogen (secondary N) is 1. The fourth-order valence-corrected chi connectivity index (χ4v) is 3.62. The molecule has 0 aromatic carbocycles. The molecule has 1 aromatic heterocycles. The minimum absolute atomic E-state index is 0.295. The van der Waals surface area contributed by atoms with Gasteiger partial charge in [0, 0.05) is 24.0 Å². The molecule has 0 bridgehead atoms. The van der Waals surface area contributed by atoms with Gasteiger partial charge in [-0.3, -0.25) is 4.79 Å². The number of carbonyl (C=O) groups excluding carboxylic acids is 1. The monoisotopic (exact) mass is 250 g/mol. The molecule has 2 aliphatic heterocycles. The minimum atomic E-state index is 0.295. The standard InChI is InChI=1S/C13H18N2OS/c16-13(7-11-4-2-6-17-11)15-8-10-3-1-5-14-12(10)9-15/h2,4,6,10,12,14H,1,3,5,7-9H2. The van der Waals surface area contributed by atoms with Crippen molar-refractivity contribution in [3.8, 4) is 0 Å². The number of thiophene rings is 1. The molecule has 2 saturated heterocycles. The largest absolute Gasteiger partial charge is 0.340 e. The van der Waals surface area contributed by atoms with Gasteiger partial charge >= 0.3 is 0 Å². The predicted molar refractivity (Wildman–Crippen MR) is 69.1 cm³/mol. The summed E-state index contributed by atoms with van der Waals surface area (Å²) in [6, 6.07) is 4.61. The lowest BCUT2D eigenvalue weighted by Gasteiger charge is -2.24. The van der Waals surface area contributed by atoms with Crippen molar-refractivity contribution in [2.24, 2.45) is 5.92 Å². The van der Waals surface area contributed by atoms with E-state index in [-0.39, 0.29) is 0 Å². The van der Waals surface area contributed by atoms with Gasteiger partial charge in [0.05, 0.1) is 6.42 Å². The van der Waals surface area contributed by atoms with Crippen LogP contribution in [0.4, 0.5) is 0 Å². The van der Waals surface area contributed by atoms with E-state index in [4.69, 9.17) is 0 Å². The van der Waals surface area contributed by atoms with Gasteiger partial charge in [0.25, 0.3) is 0 Å². The van der Waals surface area contributed by atoms with Crippen molar-refractivity contribution in [2.75, 3.05) is 19.6 Å². The molecule has 2 unspecified atom stereocenters. The molecule has 1 N–H and O–H groups in total. The highest BCUT2D eigenvalue weighted by molar-refractivity contribution is 7.10. The molecule has 17 heavy (non-hydrogen) atoms. The lowest BCUT2D eigenvalue weighted by molar-refractivity contribution is -0.129. The van der Waals surface area contributed by atoms with Crippen molar-refractivity contribution in [3.63, 3.8) is 0 Å². The lowest BCUT2D eigenvalue weighted by Crippen LogP contribution is -2.41. The smallest absolute Gasteiger partial charge is 0.227 e. The molecular weight excluding hydrogens is 232 g/mol. The van der Waals surface area contributed by atoms with Crippen LogP contribution in [-0.4, -0.2) is 36.5 Å². The molecule has 3 nitrogen and oxygen atoms in total. The molecule has 3 heterocycles. The van der Waals surface area contributed by atoms with Crippen molar-refractivity contribution in [1.82, 2.24) is 10.2 Å². The lowest BCUT2D eigenvalue weighted by atomic mass is 9.94. The van der Waals surface area contributed by atoms with E-state index in [1.54, 1.807) is 11.3 Å². The highest BCUT2D eigenvalue weighted by Gasteiger charge is 2.36. The summed E-state index contributed by atoms with van der Waals surface area (Å²) in [6.07, 6.45) is 3.12. The maximum absolute atomic E-state index is 12.2. The van der Waals surface area contributed by atoms with Crippen LogP contribution < -0.4 is 5.32 Å². The van der Waals surface area contributed by atoms with Gasteiger partial charge in [0.2, 0.25) is 5.91 Å². The number of fused-ring (bicyclic) bond motifs is 1. The molecular formula is C13H18N2OS. The first-order valence-electron chi connectivity index (χ1n) is 6.36. The van der Waals surface area contributed by atoms with Crippen LogP contribution in [0.25, 0.3) is 0 Å². The van der Waals surface area contributed by atoms with Crippen LogP contribution in [0.3, 0.4) is 0 Å². The summed E-state index contributed by atoms with van der Waals surface area (Å²) in [6.45, 7) is 2.99. The van der Waals surface area contributed by atoms with Crippen LogP contribution in [0.15, 0.2) is 17.5 Å². The fraction of sp³-hybridized carbons (Fsp3) is 0.615. The number of piperidine rings is 1. The third-order valence-electron chi connectivity index (χ3n) is 3.86. The number of carbonyl (C=O) groups is 1. The van der Waals surface area contributed by atoms with Crippen LogP contribution in [0.1, 0.15) is 17.7 Å². The van der Waals surface area contributed by atoms with Gasteiger partial charge < -0.3 is 10.2 Å². The molecule has 1 aromatic rings. The van der Waals surface area contributed by atoms with Crippen LogP contribution >= 0.6 is 11.3 Å². The van der Waals surface area contributed by atoms with Gasteiger partial charge in [0.15, 0.2) is 0 Å². The SMILES string of the molecule is O=C(Cc1cccs1)N1CC2CCCNC2C1. The number of nitrogens with zero attached hydrogens (tertiary/aromatic N) is 1. The number of amides is 1. The second-order valence-electron chi connectivity index (χ2n) is 5.02. The Hall–Kier alpha value is -0.870. The van der Waals surface area contributed by atoms with Crippen LogP contribution in [0, 0.1) is 5.92 Å². The van der Waals surface area contributed by atoms with E-state index >= 15 is 0 Å². The molecule has 0 aliphatic carbocycles. The Morgan fingerprint density at radius 3 is 3.24 bits per heavy atom. The van der Waals surface area contributed by atoms with Crippen LogP contribution in [-0.2, 0) is 11.2 Å². The Kier molecular flexibility index (Phi) is 3.16. The summed E-state index contributed by atoms with van der Waals surface area (Å²) in [7, 11) is 0. The summed E-state index contributed by atoms with van der Waals surface area (Å²) in [5.74, 6) is 0.986. The average Bonchev–Trinajstić information content (AvgIpc) is 2.96.